The third-order valence-corrected chi connectivity index (χ3v) is 2.30. The van der Waals surface area contributed by atoms with Crippen molar-refractivity contribution in [2.24, 2.45) is 0 Å². The molecule has 12 heavy (non-hydrogen) atoms. The van der Waals surface area contributed by atoms with E-state index in [1.807, 2.05) is 0 Å². The Kier molecular flexibility index (Phi) is 6.52. The van der Waals surface area contributed by atoms with Crippen molar-refractivity contribution in [1.82, 2.24) is 4.90 Å². The summed E-state index contributed by atoms with van der Waals surface area (Å²) in [7, 11) is 3.79. The van der Waals surface area contributed by atoms with Gasteiger partial charge < -0.3 is 4.74 Å². The molecule has 0 aromatic heterocycles. The normalized spacial score (nSPS) is 13.4. The van der Waals surface area contributed by atoms with E-state index in [-0.39, 0.29) is 0 Å². The van der Waals surface area contributed by atoms with Crippen molar-refractivity contribution in [2.75, 3.05) is 33.1 Å². The Balaban J connectivity index is 3.69. The lowest BCUT2D eigenvalue weighted by Gasteiger charge is -2.24. The molecule has 1 atom stereocenters. The Morgan fingerprint density at radius 1 is 1.67 bits per heavy atom. The van der Waals surface area contributed by atoms with Gasteiger partial charge in [0.2, 0.25) is 0 Å². The highest BCUT2D eigenvalue weighted by Crippen LogP contribution is 2.01. The fourth-order valence-electron chi connectivity index (χ4n) is 0.927. The van der Waals surface area contributed by atoms with Crippen LogP contribution in [0.2, 0.25) is 0 Å². The Bertz CT molecular complexity index is 138. The molecule has 0 aliphatic carbocycles. The molecule has 0 radical (unpaired) electrons. The first-order valence-corrected chi connectivity index (χ1v) is 4.71. The highest BCUT2D eigenvalue weighted by Gasteiger charge is 2.08. The number of ether oxygens (including phenoxy) is 1. The molecule has 0 rings (SSSR count). The van der Waals surface area contributed by atoms with E-state index in [1.165, 1.54) is 0 Å². The van der Waals surface area contributed by atoms with Crippen LogP contribution in [0.4, 0.5) is 0 Å². The molecular formula is C9H19NOS. The summed E-state index contributed by atoms with van der Waals surface area (Å²) in [5.74, 6) is 0.754. The van der Waals surface area contributed by atoms with E-state index < -0.39 is 0 Å². The summed E-state index contributed by atoms with van der Waals surface area (Å²) in [5, 5.41) is 0. The van der Waals surface area contributed by atoms with Gasteiger partial charge in [0.1, 0.15) is 0 Å². The number of thiol groups is 1. The summed E-state index contributed by atoms with van der Waals surface area (Å²) in [5.41, 5.74) is 1.14. The Hall–Kier alpha value is 0.01000. The monoisotopic (exact) mass is 189 g/mol. The second-order valence-electron chi connectivity index (χ2n) is 3.13. The van der Waals surface area contributed by atoms with E-state index in [0.717, 1.165) is 24.5 Å². The lowest BCUT2D eigenvalue weighted by atomic mass is 10.2. The first-order valence-electron chi connectivity index (χ1n) is 4.08. The molecule has 0 fully saturated rings. The zero-order valence-electron chi connectivity index (χ0n) is 8.21. The van der Waals surface area contributed by atoms with Crippen LogP contribution in [-0.4, -0.2) is 44.0 Å². The molecule has 0 saturated heterocycles. The van der Waals surface area contributed by atoms with Crippen molar-refractivity contribution in [3.8, 4) is 0 Å². The molecule has 0 bridgehead atoms. The SMILES string of the molecule is C=C(CS)CN(C)C(C)COC. The molecule has 72 valence electrons. The minimum Gasteiger partial charge on any atom is -0.383 e. The third-order valence-electron chi connectivity index (χ3n) is 1.86. The van der Waals surface area contributed by atoms with Gasteiger partial charge in [-0.25, -0.2) is 0 Å². The van der Waals surface area contributed by atoms with Crippen LogP contribution >= 0.6 is 12.6 Å². The molecule has 0 aromatic rings. The zero-order valence-corrected chi connectivity index (χ0v) is 9.10. The summed E-state index contributed by atoms with van der Waals surface area (Å²) in [6.45, 7) is 7.69. The molecule has 0 spiro atoms. The highest BCUT2D eigenvalue weighted by atomic mass is 32.1. The smallest absolute Gasteiger partial charge is 0.0615 e. The molecule has 1 unspecified atom stereocenters. The maximum atomic E-state index is 5.05. The van der Waals surface area contributed by atoms with Gasteiger partial charge in [0.25, 0.3) is 0 Å². The van der Waals surface area contributed by atoms with Crippen LogP contribution in [0.15, 0.2) is 12.2 Å². The van der Waals surface area contributed by atoms with Crippen molar-refractivity contribution in [3.63, 3.8) is 0 Å². The van der Waals surface area contributed by atoms with Crippen molar-refractivity contribution in [2.45, 2.75) is 13.0 Å². The number of likely N-dealkylation sites (N-methyl/N-ethyl adjacent to an activating group) is 1. The van der Waals surface area contributed by atoms with Gasteiger partial charge in [-0.3, -0.25) is 4.90 Å². The van der Waals surface area contributed by atoms with E-state index in [1.54, 1.807) is 7.11 Å². The van der Waals surface area contributed by atoms with Gasteiger partial charge in [0.15, 0.2) is 0 Å². The van der Waals surface area contributed by atoms with Gasteiger partial charge in [-0.2, -0.15) is 12.6 Å². The molecular weight excluding hydrogens is 170 g/mol. The predicted octanol–water partition coefficient (Wildman–Crippen LogP) is 1.44. The average molecular weight is 189 g/mol. The maximum absolute atomic E-state index is 5.05. The van der Waals surface area contributed by atoms with Crippen LogP contribution in [0.25, 0.3) is 0 Å². The number of methoxy groups -OCH3 is 1. The molecule has 0 saturated carbocycles. The van der Waals surface area contributed by atoms with Crippen LogP contribution < -0.4 is 0 Å². The average Bonchev–Trinajstić information content (AvgIpc) is 2.04. The molecule has 0 N–H and O–H groups in total. The van der Waals surface area contributed by atoms with E-state index in [0.29, 0.717) is 6.04 Å². The molecule has 0 amide bonds. The second kappa shape index (κ2) is 6.52. The second-order valence-corrected chi connectivity index (χ2v) is 3.44. The zero-order chi connectivity index (χ0) is 9.56. The molecule has 0 heterocycles. The number of hydrogen-bond acceptors (Lipinski definition) is 3. The van der Waals surface area contributed by atoms with Gasteiger partial charge in [0.05, 0.1) is 6.61 Å². The summed E-state index contributed by atoms with van der Waals surface area (Å²) < 4.78 is 5.05. The Labute approximate surface area is 81.0 Å². The van der Waals surface area contributed by atoms with Gasteiger partial charge in [0, 0.05) is 25.4 Å². The van der Waals surface area contributed by atoms with Crippen molar-refractivity contribution in [3.05, 3.63) is 12.2 Å². The van der Waals surface area contributed by atoms with Crippen molar-refractivity contribution >= 4 is 12.6 Å². The molecule has 0 aliphatic rings. The lowest BCUT2D eigenvalue weighted by Crippen LogP contribution is -2.34. The minimum absolute atomic E-state index is 0.437. The first kappa shape index (κ1) is 12.0. The Morgan fingerprint density at radius 3 is 2.67 bits per heavy atom. The fourth-order valence-corrected chi connectivity index (χ4v) is 1.03. The number of nitrogens with zero attached hydrogens (tertiary/aromatic N) is 1. The largest absolute Gasteiger partial charge is 0.383 e. The van der Waals surface area contributed by atoms with Gasteiger partial charge >= 0.3 is 0 Å². The highest BCUT2D eigenvalue weighted by molar-refractivity contribution is 7.80. The predicted molar refractivity (Wildman–Crippen MR) is 57.0 cm³/mol. The van der Waals surface area contributed by atoms with Gasteiger partial charge in [-0.15, -0.1) is 0 Å². The minimum atomic E-state index is 0.437. The van der Waals surface area contributed by atoms with Crippen molar-refractivity contribution < 1.29 is 4.74 Å². The van der Waals surface area contributed by atoms with Crippen LogP contribution in [-0.2, 0) is 4.74 Å². The van der Waals surface area contributed by atoms with E-state index >= 15 is 0 Å². The molecule has 0 aromatic carbocycles. The van der Waals surface area contributed by atoms with E-state index in [4.69, 9.17) is 4.74 Å². The third kappa shape index (κ3) is 4.80. The maximum Gasteiger partial charge on any atom is 0.0615 e. The van der Waals surface area contributed by atoms with Gasteiger partial charge in [-0.05, 0) is 14.0 Å². The summed E-state index contributed by atoms with van der Waals surface area (Å²) in [6, 6.07) is 0.437. The van der Waals surface area contributed by atoms with Gasteiger partial charge in [-0.1, -0.05) is 12.2 Å². The molecule has 0 aliphatic heterocycles. The quantitative estimate of drug-likeness (QED) is 0.501. The summed E-state index contributed by atoms with van der Waals surface area (Å²) in [6.07, 6.45) is 0. The van der Waals surface area contributed by atoms with E-state index in [2.05, 4.69) is 38.1 Å². The fraction of sp³-hybridized carbons (Fsp3) is 0.778. The summed E-state index contributed by atoms with van der Waals surface area (Å²) in [4.78, 5) is 2.21. The Morgan fingerprint density at radius 2 is 2.25 bits per heavy atom. The van der Waals surface area contributed by atoms with Crippen LogP contribution in [0.1, 0.15) is 6.92 Å². The van der Waals surface area contributed by atoms with Crippen molar-refractivity contribution in [1.29, 1.82) is 0 Å². The lowest BCUT2D eigenvalue weighted by molar-refractivity contribution is 0.121. The van der Waals surface area contributed by atoms with Crippen LogP contribution in [0.5, 0.6) is 0 Å². The summed E-state index contributed by atoms with van der Waals surface area (Å²) >= 11 is 4.15. The topological polar surface area (TPSA) is 12.5 Å². The molecule has 3 heteroatoms. The van der Waals surface area contributed by atoms with E-state index in [9.17, 15) is 0 Å². The standard InChI is InChI=1S/C9H19NOS/c1-8(7-12)5-10(3)9(2)6-11-4/h9,12H,1,5-7H2,2-4H3. The van der Waals surface area contributed by atoms with Crippen LogP contribution in [0.3, 0.4) is 0 Å². The first-order chi connectivity index (χ1) is 5.61. The molecule has 2 nitrogen and oxygen atoms in total. The number of hydrogen-bond donors (Lipinski definition) is 1. The number of rotatable bonds is 6. The van der Waals surface area contributed by atoms with Crippen LogP contribution in [0, 0.1) is 0 Å².